The van der Waals surface area contributed by atoms with Crippen molar-refractivity contribution >= 4 is 28.3 Å². The average molecular weight is 223 g/mol. The van der Waals surface area contributed by atoms with Crippen LogP contribution in [-0.2, 0) is 0 Å². The van der Waals surface area contributed by atoms with Crippen LogP contribution in [0.4, 0.5) is 0 Å². The number of hydrogen-bond donors (Lipinski definition) is 0. The fraction of sp³-hybridized carbons (Fsp3) is 0.500. The Kier molecular flexibility index (Phi) is 5.37. The molecular weight excluding hydrogens is 213 g/mol. The minimum absolute atomic E-state index is 0.855. The van der Waals surface area contributed by atoms with Gasteiger partial charge < -0.3 is 0 Å². The first kappa shape index (κ1) is 8.14. The van der Waals surface area contributed by atoms with Crippen molar-refractivity contribution in [3.05, 3.63) is 12.2 Å². The summed E-state index contributed by atoms with van der Waals surface area (Å²) in [6.45, 7) is 3.99. The topological polar surface area (TPSA) is 12.4 Å². The van der Waals surface area contributed by atoms with E-state index in [0.29, 0.717) is 0 Å². The number of rotatable bonds is 2. The van der Waals surface area contributed by atoms with Gasteiger partial charge >= 0.3 is 0 Å². The molecule has 0 saturated heterocycles. The van der Waals surface area contributed by atoms with Gasteiger partial charge in [-0.3, -0.25) is 4.99 Å². The Bertz CT molecular complexity index is 105. The lowest BCUT2D eigenvalue weighted by Gasteiger charge is -1.84. The van der Waals surface area contributed by atoms with Crippen molar-refractivity contribution in [1.82, 2.24) is 0 Å². The second kappa shape index (κ2) is 5.28. The summed E-state index contributed by atoms with van der Waals surface area (Å²) in [6, 6.07) is 0. The van der Waals surface area contributed by atoms with E-state index in [9.17, 15) is 0 Å². The molecule has 0 atom stereocenters. The Morgan fingerprint density at radius 1 is 1.75 bits per heavy atom. The Hall–Kier alpha value is 0.140. The molecule has 2 heteroatoms. The molecule has 8 heavy (non-hydrogen) atoms. The van der Waals surface area contributed by atoms with Gasteiger partial charge in [-0.05, 0) is 19.9 Å². The maximum Gasteiger partial charge on any atom is 0.0907 e. The van der Waals surface area contributed by atoms with E-state index in [-0.39, 0.29) is 0 Å². The zero-order valence-corrected chi connectivity index (χ0v) is 7.34. The van der Waals surface area contributed by atoms with Crippen LogP contribution in [0.1, 0.15) is 13.8 Å². The third kappa shape index (κ3) is 4.30. The number of nitrogens with zero attached hydrogens (tertiary/aromatic N) is 1. The van der Waals surface area contributed by atoms with Crippen LogP contribution < -0.4 is 0 Å². The van der Waals surface area contributed by atoms with Gasteiger partial charge in [0.15, 0.2) is 0 Å². The van der Waals surface area contributed by atoms with E-state index < -0.39 is 0 Å². The second-order valence-electron chi connectivity index (χ2n) is 1.42. The number of hydrogen-bond acceptors (Lipinski definition) is 1. The molecule has 0 N–H and O–H groups in total. The summed E-state index contributed by atoms with van der Waals surface area (Å²) in [4.78, 5) is 4.13. The van der Waals surface area contributed by atoms with E-state index in [1.165, 1.54) is 0 Å². The average Bonchev–Trinajstić information content (AvgIpc) is 1.68. The first-order valence-electron chi connectivity index (χ1n) is 2.51. The quantitative estimate of drug-likeness (QED) is 0.295. The van der Waals surface area contributed by atoms with Gasteiger partial charge in [0.05, 0.1) is 4.55 Å². The lowest BCUT2D eigenvalue weighted by atomic mass is 10.4. The molecule has 0 spiro atoms. The third-order valence-corrected chi connectivity index (χ3v) is 1.06. The zero-order valence-electron chi connectivity index (χ0n) is 5.19. The molecule has 0 saturated carbocycles. The predicted octanol–water partition coefficient (Wildman–Crippen LogP) is 2.42. The van der Waals surface area contributed by atoms with Crippen molar-refractivity contribution in [3.8, 4) is 0 Å². The fourth-order valence-electron chi connectivity index (χ4n) is 0.388. The standard InChI is InChI=1S/C6H10IN/c1-3-4-6(2)8-5-7/h3-4H,5H2,1-2H3/b4-3-,8-6-. The molecule has 1 nitrogen and oxygen atoms in total. The molecular formula is C6H10IN. The lowest BCUT2D eigenvalue weighted by molar-refractivity contribution is 1.40. The van der Waals surface area contributed by atoms with Gasteiger partial charge in [-0.25, -0.2) is 0 Å². The summed E-state index contributed by atoms with van der Waals surface area (Å²) < 4.78 is 0.855. The molecule has 0 aliphatic carbocycles. The Morgan fingerprint density at radius 2 is 2.38 bits per heavy atom. The molecule has 0 aromatic rings. The molecule has 0 radical (unpaired) electrons. The minimum atomic E-state index is 0.855. The molecule has 0 fully saturated rings. The highest BCUT2D eigenvalue weighted by Gasteiger charge is 1.75. The van der Waals surface area contributed by atoms with Gasteiger partial charge in [0.2, 0.25) is 0 Å². The highest BCUT2D eigenvalue weighted by molar-refractivity contribution is 14.1. The van der Waals surface area contributed by atoms with Crippen LogP contribution in [0, 0.1) is 0 Å². The molecule has 0 heterocycles. The minimum Gasteiger partial charge on any atom is -0.280 e. The SMILES string of the molecule is C/C=C\C(C)=N/CI. The fourth-order valence-corrected chi connectivity index (χ4v) is 0.926. The second-order valence-corrected chi connectivity index (χ2v) is 2.10. The third-order valence-electron chi connectivity index (χ3n) is 0.717. The molecule has 0 aliphatic heterocycles. The monoisotopic (exact) mass is 223 g/mol. The summed E-state index contributed by atoms with van der Waals surface area (Å²) in [5.74, 6) is 0. The van der Waals surface area contributed by atoms with Crippen LogP contribution >= 0.6 is 22.6 Å². The van der Waals surface area contributed by atoms with E-state index in [0.717, 1.165) is 10.3 Å². The van der Waals surface area contributed by atoms with Crippen LogP contribution in [0.2, 0.25) is 0 Å². The number of allylic oxidation sites excluding steroid dienone is 2. The predicted molar refractivity (Wildman–Crippen MR) is 46.8 cm³/mol. The molecule has 0 rings (SSSR count). The molecule has 0 unspecified atom stereocenters. The van der Waals surface area contributed by atoms with Crippen LogP contribution in [0.25, 0.3) is 0 Å². The number of alkyl halides is 1. The van der Waals surface area contributed by atoms with E-state index in [4.69, 9.17) is 0 Å². The van der Waals surface area contributed by atoms with Crippen LogP contribution in [0.5, 0.6) is 0 Å². The summed E-state index contributed by atoms with van der Waals surface area (Å²) in [5, 5.41) is 0. The van der Waals surface area contributed by atoms with Gasteiger partial charge in [-0.2, -0.15) is 0 Å². The van der Waals surface area contributed by atoms with E-state index >= 15 is 0 Å². The van der Waals surface area contributed by atoms with Crippen molar-refractivity contribution in [2.24, 2.45) is 4.99 Å². The van der Waals surface area contributed by atoms with Crippen molar-refractivity contribution in [1.29, 1.82) is 0 Å². The van der Waals surface area contributed by atoms with Gasteiger partial charge in [-0.15, -0.1) is 0 Å². The van der Waals surface area contributed by atoms with Crippen molar-refractivity contribution in [2.75, 3.05) is 4.55 Å². The van der Waals surface area contributed by atoms with Crippen molar-refractivity contribution in [3.63, 3.8) is 0 Å². The molecule has 0 aliphatic rings. The first-order chi connectivity index (χ1) is 3.81. The summed E-state index contributed by atoms with van der Waals surface area (Å²) in [6.07, 6.45) is 3.99. The zero-order chi connectivity index (χ0) is 6.41. The molecule has 46 valence electrons. The highest BCUT2D eigenvalue weighted by atomic mass is 127. The van der Waals surface area contributed by atoms with E-state index in [1.807, 2.05) is 26.0 Å². The van der Waals surface area contributed by atoms with Crippen molar-refractivity contribution < 1.29 is 0 Å². The smallest absolute Gasteiger partial charge is 0.0907 e. The Labute approximate surface area is 64.0 Å². The van der Waals surface area contributed by atoms with Crippen LogP contribution in [0.15, 0.2) is 17.1 Å². The van der Waals surface area contributed by atoms with Gasteiger partial charge in [-0.1, -0.05) is 28.7 Å². The Balaban J connectivity index is 3.61. The highest BCUT2D eigenvalue weighted by Crippen LogP contribution is 1.85. The maximum absolute atomic E-state index is 4.13. The maximum atomic E-state index is 4.13. The molecule has 0 aromatic heterocycles. The molecule has 0 aromatic carbocycles. The van der Waals surface area contributed by atoms with E-state index in [1.54, 1.807) is 0 Å². The van der Waals surface area contributed by atoms with Gasteiger partial charge in [0, 0.05) is 5.71 Å². The Morgan fingerprint density at radius 3 is 2.75 bits per heavy atom. The number of aliphatic imine (C=N–C) groups is 1. The molecule has 0 amide bonds. The lowest BCUT2D eigenvalue weighted by Crippen LogP contribution is -1.82. The van der Waals surface area contributed by atoms with Crippen molar-refractivity contribution in [2.45, 2.75) is 13.8 Å². The summed E-state index contributed by atoms with van der Waals surface area (Å²) >= 11 is 2.22. The van der Waals surface area contributed by atoms with Gasteiger partial charge in [0.1, 0.15) is 0 Å². The summed E-state index contributed by atoms with van der Waals surface area (Å²) in [7, 11) is 0. The van der Waals surface area contributed by atoms with E-state index in [2.05, 4.69) is 27.6 Å². The largest absolute Gasteiger partial charge is 0.280 e. The van der Waals surface area contributed by atoms with Crippen LogP contribution in [0.3, 0.4) is 0 Å². The normalized spacial score (nSPS) is 13.1. The molecule has 0 bridgehead atoms. The van der Waals surface area contributed by atoms with Crippen LogP contribution in [-0.4, -0.2) is 10.3 Å². The van der Waals surface area contributed by atoms with Gasteiger partial charge in [0.25, 0.3) is 0 Å². The first-order valence-corrected chi connectivity index (χ1v) is 4.03. The number of halogens is 1. The summed E-state index contributed by atoms with van der Waals surface area (Å²) in [5.41, 5.74) is 1.10.